The Kier molecular flexibility index (Phi) is 5.77. The van der Waals surface area contributed by atoms with Gasteiger partial charge in [0.05, 0.1) is 16.8 Å². The van der Waals surface area contributed by atoms with Crippen LogP contribution in [0.25, 0.3) is 10.2 Å². The van der Waals surface area contributed by atoms with Crippen molar-refractivity contribution >= 4 is 27.5 Å². The topological polar surface area (TPSA) is 45.7 Å². The molecule has 6 heteroatoms. The third-order valence-corrected chi connectivity index (χ3v) is 5.77. The zero-order valence-electron chi connectivity index (χ0n) is 15.2. The molecule has 0 radical (unpaired) electrons. The van der Waals surface area contributed by atoms with Crippen LogP contribution in [0, 0.1) is 0 Å². The van der Waals surface area contributed by atoms with Crippen LogP contribution in [0.4, 0.5) is 0 Å². The molecular weight excluding hydrogens is 358 g/mol. The summed E-state index contributed by atoms with van der Waals surface area (Å²) in [5, 5.41) is 0.914. The summed E-state index contributed by atoms with van der Waals surface area (Å²) in [4.78, 5) is 21.2. The van der Waals surface area contributed by atoms with Gasteiger partial charge in [-0.1, -0.05) is 42.5 Å². The summed E-state index contributed by atoms with van der Waals surface area (Å²) in [7, 11) is 0. The van der Waals surface area contributed by atoms with E-state index in [1.165, 1.54) is 5.56 Å². The van der Waals surface area contributed by atoms with Crippen molar-refractivity contribution in [2.24, 2.45) is 0 Å². The first-order valence-corrected chi connectivity index (χ1v) is 10.1. The first kappa shape index (κ1) is 18.1. The third kappa shape index (κ3) is 4.71. The first-order valence-electron chi connectivity index (χ1n) is 9.24. The fraction of sp³-hybridized carbons (Fsp3) is 0.333. The van der Waals surface area contributed by atoms with Gasteiger partial charge in [-0.25, -0.2) is 4.98 Å². The van der Waals surface area contributed by atoms with E-state index in [4.69, 9.17) is 4.74 Å². The highest BCUT2D eigenvalue weighted by atomic mass is 32.1. The molecule has 0 spiro atoms. The quantitative estimate of drug-likeness (QED) is 0.658. The number of benzene rings is 2. The smallest absolute Gasteiger partial charge is 0.248 e. The molecule has 0 aliphatic carbocycles. The number of rotatable bonds is 6. The minimum Gasteiger partial charge on any atom is -0.364 e. The monoisotopic (exact) mass is 381 g/mol. The lowest BCUT2D eigenvalue weighted by Crippen LogP contribution is -2.49. The van der Waals surface area contributed by atoms with Crippen LogP contribution in [0.3, 0.4) is 0 Å². The first-order chi connectivity index (χ1) is 13.3. The van der Waals surface area contributed by atoms with Crippen molar-refractivity contribution in [2.45, 2.75) is 13.2 Å². The van der Waals surface area contributed by atoms with E-state index >= 15 is 0 Å². The van der Waals surface area contributed by atoms with Gasteiger partial charge in [-0.2, -0.15) is 0 Å². The summed E-state index contributed by atoms with van der Waals surface area (Å²) in [6.07, 6.45) is 0. The van der Waals surface area contributed by atoms with Gasteiger partial charge in [0.2, 0.25) is 5.91 Å². The minimum absolute atomic E-state index is 0.0653. The summed E-state index contributed by atoms with van der Waals surface area (Å²) in [5.74, 6) is 0.0653. The van der Waals surface area contributed by atoms with Crippen LogP contribution in [0.15, 0.2) is 54.6 Å². The second-order valence-electron chi connectivity index (χ2n) is 6.71. The van der Waals surface area contributed by atoms with Crippen LogP contribution in [0.5, 0.6) is 0 Å². The normalized spacial score (nSPS) is 15.3. The summed E-state index contributed by atoms with van der Waals surface area (Å²) in [6.45, 7) is 4.77. The number of aromatic nitrogens is 1. The highest BCUT2D eigenvalue weighted by Crippen LogP contribution is 2.22. The Balaban J connectivity index is 1.20. The molecule has 1 saturated heterocycles. The molecule has 0 saturated carbocycles. The summed E-state index contributed by atoms with van der Waals surface area (Å²) in [6, 6.07) is 18.5. The van der Waals surface area contributed by atoms with Gasteiger partial charge in [0.15, 0.2) is 0 Å². The fourth-order valence-electron chi connectivity index (χ4n) is 3.30. The highest BCUT2D eigenvalue weighted by Gasteiger charge is 2.21. The highest BCUT2D eigenvalue weighted by molar-refractivity contribution is 7.18. The Morgan fingerprint density at radius 1 is 1.00 bits per heavy atom. The number of hydrogen-bond acceptors (Lipinski definition) is 5. The lowest BCUT2D eigenvalue weighted by atomic mass is 10.2. The Bertz CT molecular complexity index is 856. The molecule has 2 aromatic carbocycles. The molecule has 0 N–H and O–H groups in total. The molecule has 140 valence electrons. The van der Waals surface area contributed by atoms with E-state index in [1.54, 1.807) is 11.3 Å². The maximum atomic E-state index is 12.4. The predicted octanol–water partition coefficient (Wildman–Crippen LogP) is 3.16. The molecule has 1 aliphatic rings. The standard InChI is InChI=1S/C21H23N3O2S/c25-21(16-26-15-20-22-18-8-4-5-9-19(18)27-20)24-12-10-23(11-13-24)14-17-6-2-1-3-7-17/h1-9H,10-16H2. The Labute approximate surface area is 163 Å². The van der Waals surface area contributed by atoms with Crippen molar-refractivity contribution < 1.29 is 9.53 Å². The minimum atomic E-state index is 0.0653. The van der Waals surface area contributed by atoms with E-state index in [9.17, 15) is 4.79 Å². The van der Waals surface area contributed by atoms with Crippen molar-refractivity contribution in [2.75, 3.05) is 32.8 Å². The van der Waals surface area contributed by atoms with E-state index in [2.05, 4.69) is 40.2 Å². The number of thiazole rings is 1. The number of carbonyl (C=O) groups excluding carboxylic acids is 1. The maximum absolute atomic E-state index is 12.4. The van der Waals surface area contributed by atoms with Crippen molar-refractivity contribution in [1.29, 1.82) is 0 Å². The number of nitrogens with zero attached hydrogens (tertiary/aromatic N) is 3. The number of carbonyl (C=O) groups is 1. The van der Waals surface area contributed by atoms with Crippen LogP contribution in [-0.4, -0.2) is 53.5 Å². The molecule has 1 fully saturated rings. The molecule has 0 atom stereocenters. The Morgan fingerprint density at radius 3 is 2.52 bits per heavy atom. The molecule has 3 aromatic rings. The largest absolute Gasteiger partial charge is 0.364 e. The van der Waals surface area contributed by atoms with E-state index in [0.29, 0.717) is 6.61 Å². The molecule has 5 nitrogen and oxygen atoms in total. The van der Waals surface area contributed by atoms with Crippen LogP contribution in [0.2, 0.25) is 0 Å². The van der Waals surface area contributed by atoms with Gasteiger partial charge in [0.1, 0.15) is 11.6 Å². The molecule has 27 heavy (non-hydrogen) atoms. The van der Waals surface area contributed by atoms with Gasteiger partial charge in [-0.3, -0.25) is 9.69 Å². The van der Waals surface area contributed by atoms with Crippen LogP contribution in [-0.2, 0) is 22.7 Å². The number of ether oxygens (including phenoxy) is 1. The molecular formula is C21H23N3O2S. The number of piperazine rings is 1. The van der Waals surface area contributed by atoms with Crippen LogP contribution < -0.4 is 0 Å². The Hall–Kier alpha value is -2.28. The van der Waals surface area contributed by atoms with E-state index in [0.717, 1.165) is 47.9 Å². The number of para-hydroxylation sites is 1. The third-order valence-electron chi connectivity index (χ3n) is 4.76. The molecule has 2 heterocycles. The van der Waals surface area contributed by atoms with Gasteiger partial charge in [0, 0.05) is 32.7 Å². The number of fused-ring (bicyclic) bond motifs is 1. The second-order valence-corrected chi connectivity index (χ2v) is 7.83. The summed E-state index contributed by atoms with van der Waals surface area (Å²) in [5.41, 5.74) is 2.30. The molecule has 1 aromatic heterocycles. The van der Waals surface area contributed by atoms with Crippen LogP contribution >= 0.6 is 11.3 Å². The number of hydrogen-bond donors (Lipinski definition) is 0. The van der Waals surface area contributed by atoms with Crippen molar-refractivity contribution in [1.82, 2.24) is 14.8 Å². The van der Waals surface area contributed by atoms with E-state index < -0.39 is 0 Å². The lowest BCUT2D eigenvalue weighted by molar-refractivity contribution is -0.138. The van der Waals surface area contributed by atoms with Gasteiger partial charge >= 0.3 is 0 Å². The van der Waals surface area contributed by atoms with Gasteiger partial charge < -0.3 is 9.64 Å². The summed E-state index contributed by atoms with van der Waals surface area (Å²) >= 11 is 1.62. The number of amides is 1. The lowest BCUT2D eigenvalue weighted by Gasteiger charge is -2.34. The molecule has 0 unspecified atom stereocenters. The Morgan fingerprint density at radius 2 is 1.74 bits per heavy atom. The second kappa shape index (κ2) is 8.61. The fourth-order valence-corrected chi connectivity index (χ4v) is 4.20. The zero-order valence-corrected chi connectivity index (χ0v) is 16.0. The van der Waals surface area contributed by atoms with Gasteiger partial charge in [-0.05, 0) is 17.7 Å². The molecule has 1 amide bonds. The van der Waals surface area contributed by atoms with E-state index in [1.807, 2.05) is 29.2 Å². The van der Waals surface area contributed by atoms with Crippen LogP contribution in [0.1, 0.15) is 10.6 Å². The SMILES string of the molecule is O=C(COCc1nc2ccccc2s1)N1CCN(Cc2ccccc2)CC1. The van der Waals surface area contributed by atoms with Crippen molar-refractivity contribution in [3.63, 3.8) is 0 Å². The van der Waals surface area contributed by atoms with Gasteiger partial charge in [0.25, 0.3) is 0 Å². The van der Waals surface area contributed by atoms with Crippen molar-refractivity contribution in [3.8, 4) is 0 Å². The van der Waals surface area contributed by atoms with Crippen molar-refractivity contribution in [3.05, 3.63) is 65.2 Å². The average Bonchev–Trinajstić information content (AvgIpc) is 3.12. The summed E-state index contributed by atoms with van der Waals surface area (Å²) < 4.78 is 6.78. The molecule has 1 aliphatic heterocycles. The van der Waals surface area contributed by atoms with Gasteiger partial charge in [-0.15, -0.1) is 11.3 Å². The molecule has 4 rings (SSSR count). The predicted molar refractivity (Wildman–Crippen MR) is 108 cm³/mol. The molecule has 0 bridgehead atoms. The zero-order chi connectivity index (χ0) is 18.5. The van der Waals surface area contributed by atoms with E-state index in [-0.39, 0.29) is 12.5 Å². The average molecular weight is 382 g/mol. The maximum Gasteiger partial charge on any atom is 0.248 e.